The van der Waals surface area contributed by atoms with Gasteiger partial charge in [-0.15, -0.1) is 0 Å². The van der Waals surface area contributed by atoms with Crippen LogP contribution in [0.4, 0.5) is 5.69 Å². The molecule has 1 fully saturated rings. The van der Waals surface area contributed by atoms with E-state index >= 15 is 0 Å². The zero-order valence-electron chi connectivity index (χ0n) is 10.5. The minimum atomic E-state index is -0.425. The van der Waals surface area contributed by atoms with Gasteiger partial charge in [-0.3, -0.25) is 14.4 Å². The molecule has 2 rings (SSSR count). The van der Waals surface area contributed by atoms with E-state index in [1.54, 1.807) is 31.2 Å². The van der Waals surface area contributed by atoms with Crippen molar-refractivity contribution in [3.8, 4) is 0 Å². The first-order valence-electron chi connectivity index (χ1n) is 5.83. The molecule has 100 valence electrons. The maximum absolute atomic E-state index is 11.6. The van der Waals surface area contributed by atoms with Crippen LogP contribution < -0.4 is 10.6 Å². The van der Waals surface area contributed by atoms with Gasteiger partial charge in [0.25, 0.3) is 11.8 Å². The van der Waals surface area contributed by atoms with E-state index in [-0.39, 0.29) is 13.2 Å². The van der Waals surface area contributed by atoms with Gasteiger partial charge in [0.1, 0.15) is 13.2 Å². The highest BCUT2D eigenvalue weighted by Crippen LogP contribution is 2.21. The standard InChI is InChI=1S/C13H14N2O4/c1-8(13(14)18)9-2-4-10(5-3-9)15-11(16)6-19-7-12(15)17/h2-5,8H,6-7H2,1H3,(H2,14,18). The van der Waals surface area contributed by atoms with Crippen LogP contribution in [-0.2, 0) is 19.1 Å². The zero-order chi connectivity index (χ0) is 14.0. The zero-order valence-corrected chi connectivity index (χ0v) is 10.5. The molecular weight excluding hydrogens is 248 g/mol. The van der Waals surface area contributed by atoms with Gasteiger partial charge in [0.15, 0.2) is 0 Å². The third-order valence-electron chi connectivity index (χ3n) is 3.03. The van der Waals surface area contributed by atoms with Gasteiger partial charge in [0.2, 0.25) is 5.91 Å². The van der Waals surface area contributed by atoms with Crippen LogP contribution in [0.25, 0.3) is 0 Å². The number of carbonyl (C=O) groups is 3. The summed E-state index contributed by atoms with van der Waals surface area (Å²) in [6, 6.07) is 6.60. The van der Waals surface area contributed by atoms with Gasteiger partial charge in [-0.1, -0.05) is 12.1 Å². The molecule has 1 saturated heterocycles. The summed E-state index contributed by atoms with van der Waals surface area (Å²) in [6.07, 6.45) is 0. The van der Waals surface area contributed by atoms with Crippen LogP contribution in [0, 0.1) is 0 Å². The molecule has 0 bridgehead atoms. The normalized spacial score (nSPS) is 17.4. The van der Waals surface area contributed by atoms with E-state index in [0.717, 1.165) is 10.5 Å². The Hall–Kier alpha value is -2.21. The number of nitrogens with zero attached hydrogens (tertiary/aromatic N) is 1. The van der Waals surface area contributed by atoms with Gasteiger partial charge in [-0.25, -0.2) is 4.90 Å². The molecule has 0 saturated carbocycles. The number of imide groups is 1. The Bertz CT molecular complexity index is 508. The molecule has 3 amide bonds. The van der Waals surface area contributed by atoms with Crippen molar-refractivity contribution in [2.24, 2.45) is 5.73 Å². The Morgan fingerprint density at radius 3 is 2.21 bits per heavy atom. The van der Waals surface area contributed by atoms with E-state index in [1.807, 2.05) is 0 Å². The predicted octanol–water partition coefficient (Wildman–Crippen LogP) is 0.165. The summed E-state index contributed by atoms with van der Waals surface area (Å²) >= 11 is 0. The molecule has 0 aromatic heterocycles. The molecule has 6 nitrogen and oxygen atoms in total. The van der Waals surface area contributed by atoms with Gasteiger partial charge in [-0.2, -0.15) is 0 Å². The van der Waals surface area contributed by atoms with E-state index in [1.165, 1.54) is 0 Å². The molecule has 1 heterocycles. The lowest BCUT2D eigenvalue weighted by Gasteiger charge is -2.25. The number of benzene rings is 1. The minimum absolute atomic E-state index is 0.106. The first kappa shape index (κ1) is 13.2. The molecule has 0 aliphatic carbocycles. The number of nitrogens with two attached hydrogens (primary N) is 1. The molecule has 2 N–H and O–H groups in total. The summed E-state index contributed by atoms with van der Waals surface area (Å²) in [7, 11) is 0. The second-order valence-corrected chi connectivity index (χ2v) is 4.33. The summed E-state index contributed by atoms with van der Waals surface area (Å²) in [5, 5.41) is 0. The molecule has 19 heavy (non-hydrogen) atoms. The number of anilines is 1. The fourth-order valence-electron chi connectivity index (χ4n) is 1.86. The maximum atomic E-state index is 11.6. The number of hydrogen-bond donors (Lipinski definition) is 1. The minimum Gasteiger partial charge on any atom is -0.369 e. The van der Waals surface area contributed by atoms with Gasteiger partial charge >= 0.3 is 0 Å². The number of ether oxygens (including phenoxy) is 1. The van der Waals surface area contributed by atoms with E-state index in [2.05, 4.69) is 0 Å². The fourth-order valence-corrected chi connectivity index (χ4v) is 1.86. The average Bonchev–Trinajstić information content (AvgIpc) is 2.38. The first-order chi connectivity index (χ1) is 9.00. The number of amides is 3. The van der Waals surface area contributed by atoms with Crippen molar-refractivity contribution in [3.05, 3.63) is 29.8 Å². The number of primary amides is 1. The Kier molecular flexibility index (Phi) is 3.62. The molecule has 6 heteroatoms. The lowest BCUT2D eigenvalue weighted by Crippen LogP contribution is -2.46. The van der Waals surface area contributed by atoms with Crippen molar-refractivity contribution in [3.63, 3.8) is 0 Å². The molecule has 0 spiro atoms. The second-order valence-electron chi connectivity index (χ2n) is 4.33. The third-order valence-corrected chi connectivity index (χ3v) is 3.03. The van der Waals surface area contributed by atoms with E-state index < -0.39 is 23.6 Å². The van der Waals surface area contributed by atoms with Gasteiger partial charge in [0.05, 0.1) is 11.6 Å². The van der Waals surface area contributed by atoms with Crippen molar-refractivity contribution in [2.45, 2.75) is 12.8 Å². The van der Waals surface area contributed by atoms with E-state index in [4.69, 9.17) is 10.5 Å². The number of hydrogen-bond acceptors (Lipinski definition) is 4. The molecule has 1 aromatic carbocycles. The van der Waals surface area contributed by atoms with Crippen molar-refractivity contribution < 1.29 is 19.1 Å². The maximum Gasteiger partial charge on any atom is 0.259 e. The molecule has 1 atom stereocenters. The topological polar surface area (TPSA) is 89.7 Å². The summed E-state index contributed by atoms with van der Waals surface area (Å²) < 4.78 is 4.84. The van der Waals surface area contributed by atoms with Crippen molar-refractivity contribution in [1.82, 2.24) is 0 Å². The highest BCUT2D eigenvalue weighted by molar-refractivity contribution is 6.16. The third kappa shape index (κ3) is 2.63. The predicted molar refractivity (Wildman–Crippen MR) is 67.4 cm³/mol. The van der Waals surface area contributed by atoms with Crippen molar-refractivity contribution in [2.75, 3.05) is 18.1 Å². The Morgan fingerprint density at radius 2 is 1.74 bits per heavy atom. The van der Waals surface area contributed by atoms with Crippen LogP contribution in [0.3, 0.4) is 0 Å². The largest absolute Gasteiger partial charge is 0.369 e. The SMILES string of the molecule is CC(C(N)=O)c1ccc(N2C(=O)COCC2=O)cc1. The first-order valence-corrected chi connectivity index (χ1v) is 5.83. The van der Waals surface area contributed by atoms with Gasteiger partial charge in [-0.05, 0) is 24.6 Å². The van der Waals surface area contributed by atoms with Crippen molar-refractivity contribution >= 4 is 23.4 Å². The van der Waals surface area contributed by atoms with Crippen LogP contribution in [0.5, 0.6) is 0 Å². The van der Waals surface area contributed by atoms with E-state index in [0.29, 0.717) is 5.69 Å². The molecular formula is C13H14N2O4. The summed E-state index contributed by atoms with van der Waals surface area (Å²) in [6.45, 7) is 1.48. The summed E-state index contributed by atoms with van der Waals surface area (Å²) in [5.74, 6) is -1.63. The van der Waals surface area contributed by atoms with Gasteiger partial charge < -0.3 is 10.5 Å². The Labute approximate surface area is 110 Å². The van der Waals surface area contributed by atoms with Crippen LogP contribution in [-0.4, -0.2) is 30.9 Å². The summed E-state index contributed by atoms with van der Waals surface area (Å²) in [5.41, 5.74) is 6.43. The molecule has 1 unspecified atom stereocenters. The number of carbonyl (C=O) groups excluding carboxylic acids is 3. The highest BCUT2D eigenvalue weighted by Gasteiger charge is 2.28. The molecule has 1 aliphatic heterocycles. The monoisotopic (exact) mass is 262 g/mol. The molecule has 1 aliphatic rings. The Balaban J connectivity index is 2.24. The quantitative estimate of drug-likeness (QED) is 0.786. The Morgan fingerprint density at radius 1 is 1.21 bits per heavy atom. The van der Waals surface area contributed by atoms with Crippen LogP contribution in [0.1, 0.15) is 18.4 Å². The van der Waals surface area contributed by atoms with Crippen LogP contribution in [0.15, 0.2) is 24.3 Å². The summed E-state index contributed by atoms with van der Waals surface area (Å²) in [4.78, 5) is 35.4. The highest BCUT2D eigenvalue weighted by atomic mass is 16.5. The average molecular weight is 262 g/mol. The molecule has 0 radical (unpaired) electrons. The lowest BCUT2D eigenvalue weighted by molar-refractivity contribution is -0.138. The van der Waals surface area contributed by atoms with Crippen LogP contribution in [0.2, 0.25) is 0 Å². The van der Waals surface area contributed by atoms with Crippen LogP contribution >= 0.6 is 0 Å². The smallest absolute Gasteiger partial charge is 0.259 e. The molecule has 1 aromatic rings. The van der Waals surface area contributed by atoms with E-state index in [9.17, 15) is 14.4 Å². The number of rotatable bonds is 3. The second kappa shape index (κ2) is 5.19. The number of morpholine rings is 1. The fraction of sp³-hybridized carbons (Fsp3) is 0.308. The van der Waals surface area contributed by atoms with Crippen molar-refractivity contribution in [1.29, 1.82) is 0 Å². The lowest BCUT2D eigenvalue weighted by atomic mass is 10.0. The van der Waals surface area contributed by atoms with Gasteiger partial charge in [0, 0.05) is 0 Å².